The zero-order valence-electron chi connectivity index (χ0n) is 15.0. The van der Waals surface area contributed by atoms with Gasteiger partial charge in [0.25, 0.3) is 5.91 Å². The molecule has 3 amide bonds. The van der Waals surface area contributed by atoms with Crippen LogP contribution < -0.4 is 10.6 Å². The molecule has 0 aromatic carbocycles. The Morgan fingerprint density at radius 2 is 2.19 bits per heavy atom. The highest BCUT2D eigenvalue weighted by atomic mass is 16.3. The van der Waals surface area contributed by atoms with E-state index in [1.54, 1.807) is 12.3 Å². The fourth-order valence-corrected chi connectivity index (χ4v) is 4.26. The normalized spacial score (nSPS) is 26.7. The largest absolute Gasteiger partial charge is 0.459 e. The van der Waals surface area contributed by atoms with Gasteiger partial charge in [-0.25, -0.2) is 0 Å². The Hall–Kier alpha value is -2.31. The van der Waals surface area contributed by atoms with E-state index in [1.165, 1.54) is 0 Å². The number of amides is 3. The number of carbonyl (C=O) groups is 3. The van der Waals surface area contributed by atoms with Gasteiger partial charge in [-0.15, -0.1) is 0 Å². The van der Waals surface area contributed by atoms with Crippen molar-refractivity contribution in [3.63, 3.8) is 0 Å². The van der Waals surface area contributed by atoms with Crippen LogP contribution in [-0.4, -0.2) is 47.8 Å². The summed E-state index contributed by atoms with van der Waals surface area (Å²) in [6.07, 6.45) is 5.35. The van der Waals surface area contributed by atoms with Crippen molar-refractivity contribution in [3.05, 3.63) is 23.7 Å². The van der Waals surface area contributed by atoms with Gasteiger partial charge in [0.15, 0.2) is 5.76 Å². The van der Waals surface area contributed by atoms with Crippen molar-refractivity contribution in [1.29, 1.82) is 0 Å². The van der Waals surface area contributed by atoms with Crippen molar-refractivity contribution in [2.24, 2.45) is 11.8 Å². The van der Waals surface area contributed by atoms with Crippen LogP contribution in [0.3, 0.4) is 0 Å². The lowest BCUT2D eigenvalue weighted by molar-refractivity contribution is -0.129. The van der Waals surface area contributed by atoms with E-state index >= 15 is 0 Å². The first-order chi connectivity index (χ1) is 12.5. The van der Waals surface area contributed by atoms with Crippen molar-refractivity contribution in [1.82, 2.24) is 15.5 Å². The van der Waals surface area contributed by atoms with E-state index < -0.39 is 0 Å². The lowest BCUT2D eigenvalue weighted by Crippen LogP contribution is -2.44. The molecule has 1 saturated carbocycles. The molecule has 2 atom stereocenters. The highest BCUT2D eigenvalue weighted by Crippen LogP contribution is 2.46. The molecule has 0 bridgehead atoms. The van der Waals surface area contributed by atoms with Crippen LogP contribution in [0.5, 0.6) is 0 Å². The Morgan fingerprint density at radius 3 is 2.81 bits per heavy atom. The lowest BCUT2D eigenvalue weighted by atomic mass is 9.95. The van der Waals surface area contributed by atoms with Gasteiger partial charge in [0.05, 0.1) is 6.26 Å². The zero-order chi connectivity index (χ0) is 18.3. The summed E-state index contributed by atoms with van der Waals surface area (Å²) in [5, 5.41) is 5.95. The van der Waals surface area contributed by atoms with Gasteiger partial charge >= 0.3 is 0 Å². The smallest absolute Gasteiger partial charge is 0.289 e. The topological polar surface area (TPSA) is 91.7 Å². The second-order valence-electron chi connectivity index (χ2n) is 7.91. The van der Waals surface area contributed by atoms with Crippen molar-refractivity contribution in [3.8, 4) is 0 Å². The minimum atomic E-state index is -0.199. The molecule has 3 aliphatic rings. The van der Waals surface area contributed by atoms with Crippen LogP contribution in [0, 0.1) is 18.8 Å². The zero-order valence-corrected chi connectivity index (χ0v) is 15.0. The molecule has 2 unspecified atom stereocenters. The van der Waals surface area contributed by atoms with Crippen LogP contribution in [0.25, 0.3) is 0 Å². The summed E-state index contributed by atoms with van der Waals surface area (Å²) in [6, 6.07) is 1.76. The standard InChI is InChI=1S/C19H25N3O4/c1-12-8-15(26-11-12)18(25)22-7-3-14(10-22)19(4-5-19)21-16(23)9-13-2-6-20-17(13)24/h8,11,13-14H,2-7,9-10H2,1H3,(H,20,24)(H,21,23). The molecule has 26 heavy (non-hydrogen) atoms. The van der Waals surface area contributed by atoms with Gasteiger partial charge < -0.3 is 20.0 Å². The van der Waals surface area contributed by atoms with Crippen molar-refractivity contribution >= 4 is 17.7 Å². The molecule has 2 N–H and O–H groups in total. The second-order valence-corrected chi connectivity index (χ2v) is 7.91. The first-order valence-corrected chi connectivity index (χ1v) is 9.40. The van der Waals surface area contributed by atoms with Crippen LogP contribution in [0.1, 0.15) is 48.2 Å². The molecule has 7 nitrogen and oxygen atoms in total. The van der Waals surface area contributed by atoms with Crippen LogP contribution in [-0.2, 0) is 9.59 Å². The van der Waals surface area contributed by atoms with Crippen LogP contribution >= 0.6 is 0 Å². The maximum atomic E-state index is 12.5. The van der Waals surface area contributed by atoms with Gasteiger partial charge in [0.1, 0.15) is 0 Å². The Morgan fingerprint density at radius 1 is 1.38 bits per heavy atom. The SMILES string of the molecule is Cc1coc(C(=O)N2CCC(C3(NC(=O)CC4CCNC4=O)CC3)C2)c1. The molecule has 7 heteroatoms. The van der Waals surface area contributed by atoms with Crippen LogP contribution in [0.4, 0.5) is 0 Å². The first-order valence-electron chi connectivity index (χ1n) is 9.40. The van der Waals surface area contributed by atoms with Gasteiger partial charge in [0.2, 0.25) is 11.8 Å². The number of aryl methyl sites for hydroxylation is 1. The molecule has 1 aliphatic carbocycles. The van der Waals surface area contributed by atoms with E-state index in [1.807, 2.05) is 11.8 Å². The molecule has 3 fully saturated rings. The predicted molar refractivity (Wildman–Crippen MR) is 93.3 cm³/mol. The maximum Gasteiger partial charge on any atom is 0.289 e. The minimum absolute atomic E-state index is 0.0172. The van der Waals surface area contributed by atoms with E-state index in [0.717, 1.165) is 31.2 Å². The third-order valence-corrected chi connectivity index (χ3v) is 5.97. The number of furan rings is 1. The number of likely N-dealkylation sites (tertiary alicyclic amines) is 1. The van der Waals surface area contributed by atoms with E-state index in [-0.39, 0.29) is 41.5 Å². The Kier molecular flexibility index (Phi) is 4.25. The molecule has 3 heterocycles. The second kappa shape index (κ2) is 6.45. The molecule has 1 aromatic rings. The molecular weight excluding hydrogens is 334 g/mol. The first kappa shape index (κ1) is 17.1. The van der Waals surface area contributed by atoms with Gasteiger partial charge in [-0.2, -0.15) is 0 Å². The van der Waals surface area contributed by atoms with E-state index in [4.69, 9.17) is 4.42 Å². The van der Waals surface area contributed by atoms with Gasteiger partial charge in [-0.1, -0.05) is 0 Å². The van der Waals surface area contributed by atoms with Crippen molar-refractivity contribution in [2.45, 2.75) is 44.6 Å². The summed E-state index contributed by atoms with van der Waals surface area (Å²) in [7, 11) is 0. The van der Waals surface area contributed by atoms with Gasteiger partial charge in [-0.05, 0) is 44.2 Å². The van der Waals surface area contributed by atoms with Crippen molar-refractivity contribution in [2.75, 3.05) is 19.6 Å². The average Bonchev–Trinajstić information content (AvgIpc) is 3.00. The Balaban J connectivity index is 1.33. The minimum Gasteiger partial charge on any atom is -0.459 e. The van der Waals surface area contributed by atoms with Crippen LogP contribution in [0.2, 0.25) is 0 Å². The number of rotatable bonds is 5. The molecule has 2 aliphatic heterocycles. The third kappa shape index (κ3) is 3.22. The number of nitrogens with one attached hydrogen (secondary N) is 2. The fraction of sp³-hybridized carbons (Fsp3) is 0.632. The Bertz CT molecular complexity index is 737. The number of hydrogen-bond acceptors (Lipinski definition) is 4. The van der Waals surface area contributed by atoms with Crippen LogP contribution in [0.15, 0.2) is 16.7 Å². The summed E-state index contributed by atoms with van der Waals surface area (Å²) in [5.41, 5.74) is 0.742. The summed E-state index contributed by atoms with van der Waals surface area (Å²) < 4.78 is 5.33. The highest BCUT2D eigenvalue weighted by molar-refractivity contribution is 5.92. The average molecular weight is 359 g/mol. The molecule has 2 saturated heterocycles. The predicted octanol–water partition coefficient (Wildman–Crippen LogP) is 1.23. The molecular formula is C19H25N3O4. The molecule has 0 spiro atoms. The highest BCUT2D eigenvalue weighted by Gasteiger charge is 2.53. The summed E-state index contributed by atoms with van der Waals surface area (Å²) >= 11 is 0. The van der Waals surface area contributed by atoms with Gasteiger partial charge in [-0.3, -0.25) is 14.4 Å². The molecule has 140 valence electrons. The number of carbonyl (C=O) groups excluding carboxylic acids is 3. The summed E-state index contributed by atoms with van der Waals surface area (Å²) in [5.74, 6) is 0.306. The fourth-order valence-electron chi connectivity index (χ4n) is 4.26. The quantitative estimate of drug-likeness (QED) is 0.827. The molecule has 1 aromatic heterocycles. The number of nitrogens with zero attached hydrogens (tertiary/aromatic N) is 1. The summed E-state index contributed by atoms with van der Waals surface area (Å²) in [6.45, 7) is 3.88. The molecule has 4 rings (SSSR count). The summed E-state index contributed by atoms with van der Waals surface area (Å²) in [4.78, 5) is 38.4. The van der Waals surface area contributed by atoms with E-state index in [9.17, 15) is 14.4 Å². The molecule has 0 radical (unpaired) electrons. The monoisotopic (exact) mass is 359 g/mol. The van der Waals surface area contributed by atoms with Gasteiger partial charge in [0, 0.05) is 43.4 Å². The Labute approximate surface area is 152 Å². The maximum absolute atomic E-state index is 12.5. The van der Waals surface area contributed by atoms with Crippen molar-refractivity contribution < 1.29 is 18.8 Å². The van der Waals surface area contributed by atoms with E-state index in [0.29, 0.717) is 25.4 Å². The number of hydrogen-bond donors (Lipinski definition) is 2. The van der Waals surface area contributed by atoms with E-state index in [2.05, 4.69) is 10.6 Å². The lowest BCUT2D eigenvalue weighted by Gasteiger charge is -2.25. The third-order valence-electron chi connectivity index (χ3n) is 5.97.